The number of likely N-dealkylation sites (tertiary alicyclic amines) is 1. The van der Waals surface area contributed by atoms with Crippen molar-refractivity contribution >= 4 is 5.91 Å². The Labute approximate surface area is 104 Å². The molecular formula is C14H24N2O. The van der Waals surface area contributed by atoms with Gasteiger partial charge in [-0.05, 0) is 44.9 Å². The molecule has 0 aromatic carbocycles. The van der Waals surface area contributed by atoms with Gasteiger partial charge in [-0.3, -0.25) is 4.79 Å². The lowest BCUT2D eigenvalue weighted by Crippen LogP contribution is -2.50. The zero-order chi connectivity index (χ0) is 12.0. The summed E-state index contributed by atoms with van der Waals surface area (Å²) in [5.74, 6) is 1.38. The van der Waals surface area contributed by atoms with Gasteiger partial charge in [-0.2, -0.15) is 0 Å². The lowest BCUT2D eigenvalue weighted by molar-refractivity contribution is -0.140. The molecule has 2 bridgehead atoms. The summed E-state index contributed by atoms with van der Waals surface area (Å²) in [5, 5.41) is 3.58. The summed E-state index contributed by atoms with van der Waals surface area (Å²) in [4.78, 5) is 14.8. The van der Waals surface area contributed by atoms with Crippen LogP contribution >= 0.6 is 0 Å². The van der Waals surface area contributed by atoms with Crippen LogP contribution in [0.4, 0.5) is 0 Å². The van der Waals surface area contributed by atoms with Gasteiger partial charge in [-0.15, -0.1) is 0 Å². The highest BCUT2D eigenvalue weighted by atomic mass is 16.2. The largest absolute Gasteiger partial charge is 0.339 e. The summed E-state index contributed by atoms with van der Waals surface area (Å²) in [5.41, 5.74) is 0. The summed E-state index contributed by atoms with van der Waals surface area (Å²) in [6.45, 7) is 5.49. The smallest absolute Gasteiger partial charge is 0.227 e. The number of carbonyl (C=O) groups is 1. The second-order valence-electron chi connectivity index (χ2n) is 6.28. The van der Waals surface area contributed by atoms with Crippen LogP contribution in [0.2, 0.25) is 0 Å². The number of hydrogen-bond donors (Lipinski definition) is 1. The fraction of sp³-hybridized carbons (Fsp3) is 0.929. The predicted molar refractivity (Wildman–Crippen MR) is 67.6 cm³/mol. The van der Waals surface area contributed by atoms with E-state index in [2.05, 4.69) is 24.1 Å². The van der Waals surface area contributed by atoms with Gasteiger partial charge in [0.15, 0.2) is 0 Å². The normalized spacial score (nSPS) is 45.3. The number of piperidine rings is 1. The highest BCUT2D eigenvalue weighted by molar-refractivity contribution is 5.80. The molecule has 3 aliphatic rings. The molecule has 3 nitrogen and oxygen atoms in total. The van der Waals surface area contributed by atoms with Crippen molar-refractivity contribution in [2.24, 2.45) is 11.8 Å². The Morgan fingerprint density at radius 1 is 1.24 bits per heavy atom. The highest BCUT2D eigenvalue weighted by Crippen LogP contribution is 2.36. The van der Waals surface area contributed by atoms with E-state index >= 15 is 0 Å². The maximum atomic E-state index is 12.6. The van der Waals surface area contributed by atoms with E-state index in [4.69, 9.17) is 0 Å². The first-order chi connectivity index (χ1) is 8.16. The van der Waals surface area contributed by atoms with Gasteiger partial charge >= 0.3 is 0 Å². The fourth-order valence-corrected chi connectivity index (χ4v) is 3.96. The number of hydrogen-bond acceptors (Lipinski definition) is 2. The number of fused-ring (bicyclic) bond motifs is 2. The minimum Gasteiger partial charge on any atom is -0.339 e. The van der Waals surface area contributed by atoms with Crippen LogP contribution in [0.1, 0.15) is 46.0 Å². The Balaban J connectivity index is 1.69. The van der Waals surface area contributed by atoms with Gasteiger partial charge in [0.2, 0.25) is 5.91 Å². The second kappa shape index (κ2) is 4.27. The van der Waals surface area contributed by atoms with Gasteiger partial charge in [0.25, 0.3) is 0 Å². The van der Waals surface area contributed by atoms with Crippen molar-refractivity contribution in [1.82, 2.24) is 10.2 Å². The average Bonchev–Trinajstić information content (AvgIpc) is 2.94. The van der Waals surface area contributed by atoms with Crippen molar-refractivity contribution < 1.29 is 4.79 Å². The van der Waals surface area contributed by atoms with E-state index < -0.39 is 0 Å². The van der Waals surface area contributed by atoms with Crippen molar-refractivity contribution in [2.75, 3.05) is 6.54 Å². The Bertz CT molecular complexity index is 317. The van der Waals surface area contributed by atoms with Crippen molar-refractivity contribution in [2.45, 2.75) is 64.1 Å². The third-order valence-electron chi connectivity index (χ3n) is 5.27. The molecular weight excluding hydrogens is 212 g/mol. The van der Waals surface area contributed by atoms with Crippen LogP contribution in [0.15, 0.2) is 0 Å². The van der Waals surface area contributed by atoms with E-state index in [1.165, 1.54) is 25.7 Å². The number of rotatable bonds is 1. The SMILES string of the molecule is CC1CCCN(C(=O)C2CC3CCC2N3)C1C. The minimum absolute atomic E-state index is 0.279. The van der Waals surface area contributed by atoms with Gasteiger partial charge < -0.3 is 10.2 Å². The average molecular weight is 236 g/mol. The Morgan fingerprint density at radius 2 is 2.06 bits per heavy atom. The van der Waals surface area contributed by atoms with Gasteiger partial charge in [-0.25, -0.2) is 0 Å². The predicted octanol–water partition coefficient (Wildman–Crippen LogP) is 1.77. The molecule has 0 radical (unpaired) electrons. The Morgan fingerprint density at radius 3 is 2.71 bits per heavy atom. The molecule has 0 saturated carbocycles. The first-order valence-electron chi connectivity index (χ1n) is 7.23. The zero-order valence-corrected chi connectivity index (χ0v) is 11.0. The molecule has 3 saturated heterocycles. The lowest BCUT2D eigenvalue weighted by atomic mass is 9.85. The maximum Gasteiger partial charge on any atom is 0.227 e. The van der Waals surface area contributed by atoms with E-state index in [-0.39, 0.29) is 5.92 Å². The van der Waals surface area contributed by atoms with E-state index in [1.807, 2.05) is 0 Å². The van der Waals surface area contributed by atoms with Crippen molar-refractivity contribution in [3.63, 3.8) is 0 Å². The molecule has 3 heterocycles. The molecule has 3 aliphatic heterocycles. The molecule has 0 aromatic rings. The second-order valence-corrected chi connectivity index (χ2v) is 6.28. The summed E-state index contributed by atoms with van der Waals surface area (Å²) >= 11 is 0. The molecule has 0 spiro atoms. The fourth-order valence-electron chi connectivity index (χ4n) is 3.96. The van der Waals surface area contributed by atoms with Crippen LogP contribution in [0, 0.1) is 11.8 Å². The quantitative estimate of drug-likeness (QED) is 0.752. The van der Waals surface area contributed by atoms with Crippen molar-refractivity contribution in [3.8, 4) is 0 Å². The topological polar surface area (TPSA) is 32.3 Å². The lowest BCUT2D eigenvalue weighted by Gasteiger charge is -2.40. The first kappa shape index (κ1) is 11.5. The summed E-state index contributed by atoms with van der Waals surface area (Å²) in [6.07, 6.45) is 6.03. The van der Waals surface area contributed by atoms with Crippen LogP contribution in [-0.2, 0) is 4.79 Å². The molecule has 3 heteroatoms. The molecule has 3 rings (SSSR count). The van der Waals surface area contributed by atoms with Crippen LogP contribution < -0.4 is 5.32 Å². The molecule has 96 valence electrons. The Hall–Kier alpha value is -0.570. The molecule has 3 fully saturated rings. The van der Waals surface area contributed by atoms with Crippen LogP contribution in [0.25, 0.3) is 0 Å². The van der Waals surface area contributed by atoms with E-state index in [1.54, 1.807) is 0 Å². The van der Waals surface area contributed by atoms with Gasteiger partial charge in [0.05, 0.1) is 5.92 Å². The maximum absolute atomic E-state index is 12.6. The third-order valence-corrected chi connectivity index (χ3v) is 5.27. The molecule has 17 heavy (non-hydrogen) atoms. The monoisotopic (exact) mass is 236 g/mol. The van der Waals surface area contributed by atoms with Crippen molar-refractivity contribution in [1.29, 1.82) is 0 Å². The molecule has 0 aromatic heterocycles. The van der Waals surface area contributed by atoms with E-state index in [0.29, 0.717) is 30.0 Å². The van der Waals surface area contributed by atoms with Gasteiger partial charge in [0, 0.05) is 24.7 Å². The molecule has 1 amide bonds. The van der Waals surface area contributed by atoms with Crippen LogP contribution in [-0.4, -0.2) is 35.5 Å². The molecule has 5 unspecified atom stereocenters. The van der Waals surface area contributed by atoms with Crippen LogP contribution in [0.5, 0.6) is 0 Å². The standard InChI is InChI=1S/C14H24N2O/c1-9-4-3-7-16(10(9)2)14(17)12-8-11-5-6-13(12)15-11/h9-13,15H,3-8H2,1-2H3. The van der Waals surface area contributed by atoms with E-state index in [9.17, 15) is 4.79 Å². The highest BCUT2D eigenvalue weighted by Gasteiger charge is 2.45. The summed E-state index contributed by atoms with van der Waals surface area (Å²) < 4.78 is 0. The summed E-state index contributed by atoms with van der Waals surface area (Å²) in [6, 6.07) is 1.55. The van der Waals surface area contributed by atoms with Gasteiger partial charge in [0.1, 0.15) is 0 Å². The third kappa shape index (κ3) is 1.88. The first-order valence-corrected chi connectivity index (χ1v) is 7.23. The minimum atomic E-state index is 0.279. The van der Waals surface area contributed by atoms with Crippen LogP contribution in [0.3, 0.4) is 0 Å². The molecule has 5 atom stereocenters. The number of amides is 1. The number of carbonyl (C=O) groups excluding carboxylic acids is 1. The zero-order valence-electron chi connectivity index (χ0n) is 11.0. The number of nitrogens with zero attached hydrogens (tertiary/aromatic N) is 1. The number of nitrogens with one attached hydrogen (secondary N) is 1. The molecule has 0 aliphatic carbocycles. The Kier molecular flexibility index (Phi) is 2.89. The summed E-state index contributed by atoms with van der Waals surface area (Å²) in [7, 11) is 0. The van der Waals surface area contributed by atoms with E-state index in [0.717, 1.165) is 13.0 Å². The van der Waals surface area contributed by atoms with Crippen molar-refractivity contribution in [3.05, 3.63) is 0 Å². The van der Waals surface area contributed by atoms with Gasteiger partial charge in [-0.1, -0.05) is 6.92 Å². The molecule has 1 N–H and O–H groups in total.